The van der Waals surface area contributed by atoms with E-state index in [2.05, 4.69) is 5.32 Å². The predicted octanol–water partition coefficient (Wildman–Crippen LogP) is 4.55. The van der Waals surface area contributed by atoms with Gasteiger partial charge in [0.2, 0.25) is 0 Å². The first-order chi connectivity index (χ1) is 8.97. The van der Waals surface area contributed by atoms with Gasteiger partial charge in [0, 0.05) is 17.6 Å². The zero-order valence-electron chi connectivity index (χ0n) is 10.5. The molecular formula is C14H17ClF3N. The van der Waals surface area contributed by atoms with Crippen molar-refractivity contribution in [2.75, 3.05) is 0 Å². The van der Waals surface area contributed by atoms with Crippen molar-refractivity contribution < 1.29 is 13.2 Å². The van der Waals surface area contributed by atoms with Crippen molar-refractivity contribution in [3.63, 3.8) is 0 Å². The fraction of sp³-hybridized carbons (Fsp3) is 0.571. The third-order valence-corrected chi connectivity index (χ3v) is 3.88. The summed E-state index contributed by atoms with van der Waals surface area (Å²) in [5.74, 6) is -1.22. The van der Waals surface area contributed by atoms with Crippen molar-refractivity contribution in [2.24, 2.45) is 5.92 Å². The lowest BCUT2D eigenvalue weighted by molar-refractivity contribution is -0.189. The molecule has 0 aliphatic heterocycles. The van der Waals surface area contributed by atoms with Gasteiger partial charge in [0.1, 0.15) is 0 Å². The van der Waals surface area contributed by atoms with Gasteiger partial charge in [-0.3, -0.25) is 0 Å². The van der Waals surface area contributed by atoms with Crippen molar-refractivity contribution in [3.8, 4) is 0 Å². The lowest BCUT2D eigenvalue weighted by atomic mass is 9.84. The Balaban J connectivity index is 1.97. The third-order valence-electron chi connectivity index (χ3n) is 3.64. The molecule has 1 aliphatic carbocycles. The smallest absolute Gasteiger partial charge is 0.309 e. The molecule has 0 aromatic heterocycles. The first-order valence-corrected chi connectivity index (χ1v) is 6.89. The Labute approximate surface area is 116 Å². The summed E-state index contributed by atoms with van der Waals surface area (Å²) < 4.78 is 38.8. The van der Waals surface area contributed by atoms with Crippen LogP contribution in [0.25, 0.3) is 0 Å². The van der Waals surface area contributed by atoms with Gasteiger partial charge in [0.15, 0.2) is 0 Å². The SMILES string of the molecule is FC(F)(F)C1CCCCC1NCc1cccc(Cl)c1. The normalized spacial score (nSPS) is 24.4. The van der Waals surface area contributed by atoms with E-state index in [-0.39, 0.29) is 6.42 Å². The van der Waals surface area contributed by atoms with Crippen LogP contribution >= 0.6 is 11.6 Å². The molecule has 1 saturated carbocycles. The summed E-state index contributed by atoms with van der Waals surface area (Å²) in [5, 5.41) is 3.65. The highest BCUT2D eigenvalue weighted by Gasteiger charge is 2.45. The van der Waals surface area contributed by atoms with Crippen molar-refractivity contribution in [1.29, 1.82) is 0 Å². The highest BCUT2D eigenvalue weighted by Crippen LogP contribution is 2.37. The highest BCUT2D eigenvalue weighted by molar-refractivity contribution is 6.30. The maximum Gasteiger partial charge on any atom is 0.393 e. The molecule has 1 aromatic carbocycles. The molecule has 2 atom stereocenters. The van der Waals surface area contributed by atoms with Crippen LogP contribution in [-0.2, 0) is 6.54 Å². The molecular weight excluding hydrogens is 275 g/mol. The van der Waals surface area contributed by atoms with Crippen LogP contribution in [0.2, 0.25) is 5.02 Å². The van der Waals surface area contributed by atoms with Gasteiger partial charge < -0.3 is 5.32 Å². The van der Waals surface area contributed by atoms with Crippen molar-refractivity contribution >= 4 is 11.6 Å². The van der Waals surface area contributed by atoms with E-state index in [0.717, 1.165) is 12.0 Å². The van der Waals surface area contributed by atoms with Crippen LogP contribution in [0.1, 0.15) is 31.2 Å². The van der Waals surface area contributed by atoms with Gasteiger partial charge in [-0.1, -0.05) is 36.6 Å². The molecule has 1 N–H and O–H groups in total. The maximum atomic E-state index is 12.9. The van der Waals surface area contributed by atoms with Crippen LogP contribution in [0.5, 0.6) is 0 Å². The molecule has 1 fully saturated rings. The van der Waals surface area contributed by atoms with Crippen molar-refractivity contribution in [3.05, 3.63) is 34.9 Å². The maximum absolute atomic E-state index is 12.9. The summed E-state index contributed by atoms with van der Waals surface area (Å²) in [7, 11) is 0. The molecule has 0 saturated heterocycles. The average Bonchev–Trinajstić information content (AvgIpc) is 2.36. The largest absolute Gasteiger partial charge is 0.393 e. The minimum absolute atomic E-state index is 0.233. The third kappa shape index (κ3) is 4.11. The average molecular weight is 292 g/mol. The van der Waals surface area contributed by atoms with Crippen LogP contribution in [-0.4, -0.2) is 12.2 Å². The van der Waals surface area contributed by atoms with Gasteiger partial charge in [0.25, 0.3) is 0 Å². The number of hydrogen-bond acceptors (Lipinski definition) is 1. The lowest BCUT2D eigenvalue weighted by Crippen LogP contribution is -2.45. The number of halogens is 4. The molecule has 0 amide bonds. The molecule has 0 spiro atoms. The van der Waals surface area contributed by atoms with Gasteiger partial charge in [0.05, 0.1) is 5.92 Å². The molecule has 5 heteroatoms. The summed E-state index contributed by atoms with van der Waals surface area (Å²) in [6.07, 6.45) is -1.76. The summed E-state index contributed by atoms with van der Waals surface area (Å²) in [6, 6.07) is 6.73. The predicted molar refractivity (Wildman–Crippen MR) is 70.1 cm³/mol. The minimum Gasteiger partial charge on any atom is -0.309 e. The summed E-state index contributed by atoms with van der Waals surface area (Å²) in [6.45, 7) is 0.428. The number of rotatable bonds is 3. The van der Waals surface area contributed by atoms with Gasteiger partial charge >= 0.3 is 6.18 Å². The second kappa shape index (κ2) is 6.14. The first-order valence-electron chi connectivity index (χ1n) is 6.51. The Morgan fingerprint density at radius 2 is 1.95 bits per heavy atom. The van der Waals surface area contributed by atoms with E-state index in [4.69, 9.17) is 11.6 Å². The number of hydrogen-bond donors (Lipinski definition) is 1. The van der Waals surface area contributed by atoms with Crippen LogP contribution < -0.4 is 5.32 Å². The fourth-order valence-corrected chi connectivity index (χ4v) is 2.88. The van der Waals surface area contributed by atoms with Crippen molar-refractivity contribution in [2.45, 2.75) is 44.4 Å². The van der Waals surface area contributed by atoms with Gasteiger partial charge in [-0.2, -0.15) is 13.2 Å². The Kier molecular flexibility index (Phi) is 4.74. The second-order valence-corrected chi connectivity index (χ2v) is 5.49. The van der Waals surface area contributed by atoms with Gasteiger partial charge in [-0.25, -0.2) is 0 Å². The van der Waals surface area contributed by atoms with Crippen LogP contribution in [0.3, 0.4) is 0 Å². The quantitative estimate of drug-likeness (QED) is 0.861. The van der Waals surface area contributed by atoms with Gasteiger partial charge in [-0.15, -0.1) is 0 Å². The fourth-order valence-electron chi connectivity index (χ4n) is 2.66. The van der Waals surface area contributed by atoms with E-state index in [1.165, 1.54) is 0 Å². The molecule has 106 valence electrons. The molecule has 0 bridgehead atoms. The molecule has 1 aliphatic rings. The van der Waals surface area contributed by atoms with E-state index >= 15 is 0 Å². The Bertz CT molecular complexity index is 419. The first kappa shape index (κ1) is 14.7. The molecule has 1 nitrogen and oxygen atoms in total. The second-order valence-electron chi connectivity index (χ2n) is 5.05. The van der Waals surface area contributed by atoms with E-state index in [1.807, 2.05) is 12.1 Å². The van der Waals surface area contributed by atoms with Crippen LogP contribution in [0.4, 0.5) is 13.2 Å². The number of nitrogens with one attached hydrogen (secondary N) is 1. The molecule has 1 aromatic rings. The minimum atomic E-state index is -4.10. The Morgan fingerprint density at radius 3 is 2.63 bits per heavy atom. The number of benzene rings is 1. The summed E-state index contributed by atoms with van der Waals surface area (Å²) in [5.41, 5.74) is 0.916. The summed E-state index contributed by atoms with van der Waals surface area (Å²) in [4.78, 5) is 0. The van der Waals surface area contributed by atoms with Crippen LogP contribution in [0.15, 0.2) is 24.3 Å². The van der Waals surface area contributed by atoms with Gasteiger partial charge in [-0.05, 0) is 30.5 Å². The topological polar surface area (TPSA) is 12.0 Å². The molecule has 19 heavy (non-hydrogen) atoms. The van der Waals surface area contributed by atoms with Crippen molar-refractivity contribution in [1.82, 2.24) is 5.32 Å². The Hall–Kier alpha value is -0.740. The molecule has 0 radical (unpaired) electrons. The zero-order valence-corrected chi connectivity index (χ0v) is 11.3. The molecule has 2 rings (SSSR count). The molecule has 2 unspecified atom stereocenters. The standard InChI is InChI=1S/C14H17ClF3N/c15-11-5-3-4-10(8-11)9-19-13-7-2-1-6-12(13)14(16,17)18/h3-5,8,12-13,19H,1-2,6-7,9H2. The molecule has 0 heterocycles. The lowest BCUT2D eigenvalue weighted by Gasteiger charge is -2.33. The van der Waals surface area contributed by atoms with E-state index in [0.29, 0.717) is 24.4 Å². The Morgan fingerprint density at radius 1 is 1.21 bits per heavy atom. The highest BCUT2D eigenvalue weighted by atomic mass is 35.5. The van der Waals surface area contributed by atoms with Crippen LogP contribution in [0, 0.1) is 5.92 Å². The van der Waals surface area contributed by atoms with E-state index < -0.39 is 18.1 Å². The van der Waals surface area contributed by atoms with E-state index in [1.54, 1.807) is 12.1 Å². The monoisotopic (exact) mass is 291 g/mol. The number of alkyl halides is 3. The zero-order chi connectivity index (χ0) is 13.9. The summed E-state index contributed by atoms with van der Waals surface area (Å²) >= 11 is 5.86. The van der Waals surface area contributed by atoms with E-state index in [9.17, 15) is 13.2 Å².